The van der Waals surface area contributed by atoms with Crippen LogP contribution in [-0.2, 0) is 9.53 Å². The third-order valence-electron chi connectivity index (χ3n) is 4.20. The number of carbonyl (C=O) groups excluding carboxylic acids is 1. The van der Waals surface area contributed by atoms with Gasteiger partial charge in [-0.25, -0.2) is 0 Å². The van der Waals surface area contributed by atoms with E-state index in [0.717, 1.165) is 32.0 Å². The normalized spacial score (nSPS) is 33.3. The van der Waals surface area contributed by atoms with Crippen LogP contribution in [0.25, 0.3) is 0 Å². The van der Waals surface area contributed by atoms with Gasteiger partial charge in [-0.3, -0.25) is 4.79 Å². The molecule has 4 nitrogen and oxygen atoms in total. The number of ether oxygens (including phenoxy) is 1. The second-order valence-electron chi connectivity index (χ2n) is 5.54. The van der Waals surface area contributed by atoms with Gasteiger partial charge in [0, 0.05) is 25.7 Å². The first-order valence-electron chi connectivity index (χ1n) is 6.97. The molecule has 2 saturated heterocycles. The van der Waals surface area contributed by atoms with E-state index in [0.29, 0.717) is 18.7 Å². The molecule has 2 unspecified atom stereocenters. The number of carbonyl (C=O) groups is 1. The maximum absolute atomic E-state index is 11.9. The predicted octanol–water partition coefficient (Wildman–Crippen LogP) is 0.766. The third kappa shape index (κ3) is 2.63. The zero-order chi connectivity index (χ0) is 11.7. The van der Waals surface area contributed by atoms with Crippen molar-refractivity contribution in [1.82, 2.24) is 10.2 Å². The van der Waals surface area contributed by atoms with Crippen LogP contribution >= 0.6 is 0 Å². The minimum absolute atomic E-state index is 0.268. The summed E-state index contributed by atoms with van der Waals surface area (Å²) in [5.41, 5.74) is 0. The minimum Gasteiger partial charge on any atom is -0.376 e. The molecule has 17 heavy (non-hydrogen) atoms. The minimum atomic E-state index is 0.268. The quantitative estimate of drug-likeness (QED) is 0.786. The van der Waals surface area contributed by atoms with Gasteiger partial charge in [0.15, 0.2) is 0 Å². The first-order chi connectivity index (χ1) is 8.34. The average Bonchev–Trinajstić information content (AvgIpc) is 2.87. The maximum atomic E-state index is 11.9. The van der Waals surface area contributed by atoms with Gasteiger partial charge < -0.3 is 15.0 Å². The summed E-state index contributed by atoms with van der Waals surface area (Å²) >= 11 is 0. The van der Waals surface area contributed by atoms with Crippen molar-refractivity contribution in [3.05, 3.63) is 0 Å². The van der Waals surface area contributed by atoms with Crippen LogP contribution < -0.4 is 5.32 Å². The van der Waals surface area contributed by atoms with Crippen LogP contribution in [-0.4, -0.2) is 49.2 Å². The van der Waals surface area contributed by atoms with Crippen molar-refractivity contribution in [2.45, 2.75) is 44.2 Å². The highest BCUT2D eigenvalue weighted by Crippen LogP contribution is 2.38. The standard InChI is InChI=1S/C13H22N2O2/c16-12(15-6-1-2-7-15)9-14-11-5-8-17-13(11)10-3-4-10/h10-11,13-14H,1-9H2. The van der Waals surface area contributed by atoms with Gasteiger partial charge in [0.1, 0.15) is 0 Å². The van der Waals surface area contributed by atoms with Gasteiger partial charge in [-0.05, 0) is 38.0 Å². The van der Waals surface area contributed by atoms with E-state index in [-0.39, 0.29) is 5.91 Å². The number of nitrogens with one attached hydrogen (secondary N) is 1. The molecule has 0 spiro atoms. The van der Waals surface area contributed by atoms with Gasteiger partial charge in [0.25, 0.3) is 0 Å². The van der Waals surface area contributed by atoms with E-state index >= 15 is 0 Å². The monoisotopic (exact) mass is 238 g/mol. The Morgan fingerprint density at radius 3 is 2.71 bits per heavy atom. The predicted molar refractivity (Wildman–Crippen MR) is 64.7 cm³/mol. The van der Waals surface area contributed by atoms with Crippen LogP contribution in [0.3, 0.4) is 0 Å². The first-order valence-corrected chi connectivity index (χ1v) is 6.97. The summed E-state index contributed by atoms with van der Waals surface area (Å²) in [4.78, 5) is 13.9. The van der Waals surface area contributed by atoms with Gasteiger partial charge >= 0.3 is 0 Å². The lowest BCUT2D eigenvalue weighted by Gasteiger charge is -2.21. The molecule has 0 aromatic carbocycles. The summed E-state index contributed by atoms with van der Waals surface area (Å²) in [6.07, 6.45) is 6.40. The van der Waals surface area contributed by atoms with Gasteiger partial charge in [-0.1, -0.05) is 0 Å². The Kier molecular flexibility index (Phi) is 3.34. The molecule has 2 atom stereocenters. The number of rotatable bonds is 4. The highest BCUT2D eigenvalue weighted by atomic mass is 16.5. The summed E-state index contributed by atoms with van der Waals surface area (Å²) in [6, 6.07) is 0.411. The Hall–Kier alpha value is -0.610. The molecule has 2 heterocycles. The fourth-order valence-electron chi connectivity index (χ4n) is 3.02. The second-order valence-corrected chi connectivity index (χ2v) is 5.54. The lowest BCUT2D eigenvalue weighted by molar-refractivity contribution is -0.129. The molecule has 2 aliphatic heterocycles. The third-order valence-corrected chi connectivity index (χ3v) is 4.20. The summed E-state index contributed by atoms with van der Waals surface area (Å²) in [5.74, 6) is 1.03. The Bertz CT molecular complexity index is 285. The lowest BCUT2D eigenvalue weighted by Crippen LogP contribution is -2.44. The maximum Gasteiger partial charge on any atom is 0.236 e. The molecule has 0 aromatic rings. The topological polar surface area (TPSA) is 41.6 Å². The SMILES string of the molecule is O=C(CNC1CCOC1C1CC1)N1CCCC1. The van der Waals surface area contributed by atoms with Crippen LogP contribution in [0.5, 0.6) is 0 Å². The van der Waals surface area contributed by atoms with Gasteiger partial charge in [0.05, 0.1) is 12.6 Å². The van der Waals surface area contributed by atoms with Crippen LogP contribution in [0, 0.1) is 5.92 Å². The van der Waals surface area contributed by atoms with Crippen LogP contribution in [0.1, 0.15) is 32.1 Å². The van der Waals surface area contributed by atoms with E-state index in [4.69, 9.17) is 4.74 Å². The number of likely N-dealkylation sites (tertiary alicyclic amines) is 1. The zero-order valence-corrected chi connectivity index (χ0v) is 10.4. The molecule has 3 fully saturated rings. The van der Waals surface area contributed by atoms with Gasteiger partial charge in [-0.2, -0.15) is 0 Å². The smallest absolute Gasteiger partial charge is 0.236 e. The average molecular weight is 238 g/mol. The molecular formula is C13H22N2O2. The Morgan fingerprint density at radius 1 is 1.24 bits per heavy atom. The molecule has 3 aliphatic rings. The first kappa shape index (κ1) is 11.5. The van der Waals surface area contributed by atoms with Gasteiger partial charge in [0.2, 0.25) is 5.91 Å². The van der Waals surface area contributed by atoms with Crippen molar-refractivity contribution < 1.29 is 9.53 Å². The molecule has 1 N–H and O–H groups in total. The summed E-state index contributed by atoms with van der Waals surface area (Å²) < 4.78 is 5.76. The van der Waals surface area contributed by atoms with Gasteiger partial charge in [-0.15, -0.1) is 0 Å². The molecule has 4 heteroatoms. The van der Waals surface area contributed by atoms with E-state index in [1.54, 1.807) is 0 Å². The Morgan fingerprint density at radius 2 is 2.00 bits per heavy atom. The van der Waals surface area contributed by atoms with Crippen molar-refractivity contribution in [2.75, 3.05) is 26.2 Å². The molecule has 1 saturated carbocycles. The Balaban J connectivity index is 1.44. The van der Waals surface area contributed by atoms with Crippen molar-refractivity contribution in [1.29, 1.82) is 0 Å². The largest absolute Gasteiger partial charge is 0.376 e. The highest BCUT2D eigenvalue weighted by Gasteiger charge is 2.40. The fraction of sp³-hybridized carbons (Fsp3) is 0.923. The lowest BCUT2D eigenvalue weighted by atomic mass is 10.1. The molecule has 96 valence electrons. The van der Waals surface area contributed by atoms with E-state index in [1.807, 2.05) is 4.90 Å². The number of amides is 1. The van der Waals surface area contributed by atoms with E-state index in [1.165, 1.54) is 25.7 Å². The van der Waals surface area contributed by atoms with E-state index in [2.05, 4.69) is 5.32 Å². The van der Waals surface area contributed by atoms with Crippen LogP contribution in [0.2, 0.25) is 0 Å². The molecule has 3 rings (SSSR count). The molecule has 0 aromatic heterocycles. The van der Waals surface area contributed by atoms with E-state index in [9.17, 15) is 4.79 Å². The van der Waals surface area contributed by atoms with Crippen molar-refractivity contribution >= 4 is 5.91 Å². The second kappa shape index (κ2) is 4.94. The van der Waals surface area contributed by atoms with Crippen molar-refractivity contribution in [3.8, 4) is 0 Å². The zero-order valence-electron chi connectivity index (χ0n) is 10.4. The van der Waals surface area contributed by atoms with Crippen LogP contribution in [0.15, 0.2) is 0 Å². The number of hydrogen-bond donors (Lipinski definition) is 1. The molecular weight excluding hydrogens is 216 g/mol. The van der Waals surface area contributed by atoms with E-state index < -0.39 is 0 Å². The number of nitrogens with zero attached hydrogens (tertiary/aromatic N) is 1. The molecule has 1 aliphatic carbocycles. The fourth-order valence-corrected chi connectivity index (χ4v) is 3.02. The number of hydrogen-bond acceptors (Lipinski definition) is 3. The van der Waals surface area contributed by atoms with Crippen molar-refractivity contribution in [3.63, 3.8) is 0 Å². The highest BCUT2D eigenvalue weighted by molar-refractivity contribution is 5.78. The molecule has 1 amide bonds. The summed E-state index contributed by atoms with van der Waals surface area (Å²) in [5, 5.41) is 3.41. The summed E-state index contributed by atoms with van der Waals surface area (Å²) in [7, 11) is 0. The van der Waals surface area contributed by atoms with Crippen LogP contribution in [0.4, 0.5) is 0 Å². The molecule has 0 bridgehead atoms. The summed E-state index contributed by atoms with van der Waals surface area (Å²) in [6.45, 7) is 3.26. The van der Waals surface area contributed by atoms with Crippen molar-refractivity contribution in [2.24, 2.45) is 5.92 Å². The molecule has 0 radical (unpaired) electrons. The Labute approximate surface area is 103 Å².